The molecule has 0 bridgehead atoms. The smallest absolute Gasteiger partial charge is 0.0993 e. The van der Waals surface area contributed by atoms with E-state index in [0.717, 1.165) is 38.0 Å². The van der Waals surface area contributed by atoms with Gasteiger partial charge in [-0.25, -0.2) is 0 Å². The van der Waals surface area contributed by atoms with Gasteiger partial charge in [0, 0.05) is 25.2 Å². The van der Waals surface area contributed by atoms with Gasteiger partial charge in [-0.1, -0.05) is 6.07 Å². The average Bonchev–Trinajstić information content (AvgIpc) is 2.17. The number of rotatable bonds is 2. The minimum atomic E-state index is -0.267. The third kappa shape index (κ3) is 1.34. The van der Waals surface area contributed by atoms with E-state index in [1.807, 2.05) is 6.20 Å². The van der Waals surface area contributed by atoms with Crippen LogP contribution < -0.4 is 5.32 Å². The lowest BCUT2D eigenvalue weighted by atomic mass is 9.67. The van der Waals surface area contributed by atoms with Crippen LogP contribution in [0.5, 0.6) is 0 Å². The number of hydrogen-bond acceptors (Lipinski definition) is 3. The Labute approximate surface area is 95.5 Å². The summed E-state index contributed by atoms with van der Waals surface area (Å²) >= 11 is 0. The fourth-order valence-electron chi connectivity index (χ4n) is 2.41. The molecule has 0 aromatic carbocycles. The van der Waals surface area contributed by atoms with Gasteiger partial charge in [-0.05, 0) is 30.9 Å². The molecular formula is C13H15N3. The van der Waals surface area contributed by atoms with Gasteiger partial charge in [-0.2, -0.15) is 5.26 Å². The largest absolute Gasteiger partial charge is 0.315 e. The fourth-order valence-corrected chi connectivity index (χ4v) is 2.41. The molecule has 1 aliphatic heterocycles. The summed E-state index contributed by atoms with van der Waals surface area (Å²) in [5.74, 6) is 0.626. The lowest BCUT2D eigenvalue weighted by molar-refractivity contribution is 0.315. The van der Waals surface area contributed by atoms with Crippen LogP contribution in [0.2, 0.25) is 0 Å². The number of nitrogens with zero attached hydrogens (tertiary/aromatic N) is 2. The topological polar surface area (TPSA) is 48.7 Å². The Kier molecular flexibility index (Phi) is 2.19. The highest BCUT2D eigenvalue weighted by Gasteiger charge is 2.40. The van der Waals surface area contributed by atoms with Crippen molar-refractivity contribution in [2.24, 2.45) is 0 Å². The molecule has 2 fully saturated rings. The monoisotopic (exact) mass is 213 g/mol. The molecule has 1 saturated carbocycles. The zero-order chi connectivity index (χ0) is 11.0. The van der Waals surface area contributed by atoms with Gasteiger partial charge in [0.05, 0.1) is 17.2 Å². The highest BCUT2D eigenvalue weighted by atomic mass is 14.9. The van der Waals surface area contributed by atoms with Gasteiger partial charge in [-0.3, -0.25) is 4.98 Å². The van der Waals surface area contributed by atoms with Crippen LogP contribution in [0.15, 0.2) is 18.3 Å². The minimum absolute atomic E-state index is 0.267. The second kappa shape index (κ2) is 3.57. The Morgan fingerprint density at radius 1 is 1.38 bits per heavy atom. The van der Waals surface area contributed by atoms with Crippen LogP contribution >= 0.6 is 0 Å². The van der Waals surface area contributed by atoms with E-state index in [4.69, 9.17) is 0 Å². The number of aromatic nitrogens is 1. The number of nitriles is 1. The first-order valence-corrected chi connectivity index (χ1v) is 5.92. The first-order valence-electron chi connectivity index (χ1n) is 5.92. The summed E-state index contributed by atoms with van der Waals surface area (Å²) in [7, 11) is 0. The van der Waals surface area contributed by atoms with E-state index in [2.05, 4.69) is 28.5 Å². The molecule has 1 aromatic heterocycles. The zero-order valence-electron chi connectivity index (χ0n) is 9.24. The zero-order valence-corrected chi connectivity index (χ0v) is 9.24. The van der Waals surface area contributed by atoms with Crippen LogP contribution in [-0.4, -0.2) is 18.1 Å². The Morgan fingerprint density at radius 2 is 2.19 bits per heavy atom. The molecule has 1 saturated heterocycles. The molecule has 0 radical (unpaired) electrons. The number of pyridine rings is 1. The third-order valence-electron chi connectivity index (χ3n) is 3.95. The van der Waals surface area contributed by atoms with Gasteiger partial charge in [0.1, 0.15) is 0 Å². The first-order chi connectivity index (χ1) is 7.84. The Bertz CT molecular complexity index is 421. The molecule has 3 rings (SSSR count). The molecule has 3 heteroatoms. The van der Waals surface area contributed by atoms with Gasteiger partial charge < -0.3 is 5.32 Å². The predicted molar refractivity (Wildman–Crippen MR) is 61.0 cm³/mol. The molecule has 2 heterocycles. The lowest BCUT2D eigenvalue weighted by Crippen LogP contribution is -2.40. The van der Waals surface area contributed by atoms with Crippen LogP contribution in [0.1, 0.15) is 36.4 Å². The lowest BCUT2D eigenvalue weighted by Gasteiger charge is -2.35. The summed E-state index contributed by atoms with van der Waals surface area (Å²) in [6.07, 6.45) is 5.06. The van der Waals surface area contributed by atoms with Crippen LogP contribution in [-0.2, 0) is 5.41 Å². The van der Waals surface area contributed by atoms with Gasteiger partial charge >= 0.3 is 0 Å². The van der Waals surface area contributed by atoms with Crippen molar-refractivity contribution < 1.29 is 0 Å². The van der Waals surface area contributed by atoms with E-state index in [1.165, 1.54) is 5.56 Å². The van der Waals surface area contributed by atoms with Crippen molar-refractivity contribution in [1.29, 1.82) is 5.26 Å². The maximum atomic E-state index is 9.23. The SMILES string of the molecule is N#CC1(c2ccc(C3CNC3)cn2)CCC1. The summed E-state index contributed by atoms with van der Waals surface area (Å²) in [6, 6.07) is 6.63. The van der Waals surface area contributed by atoms with Crippen molar-refractivity contribution in [3.8, 4) is 6.07 Å². The molecule has 0 unspecified atom stereocenters. The van der Waals surface area contributed by atoms with Crippen molar-refractivity contribution in [2.45, 2.75) is 30.6 Å². The van der Waals surface area contributed by atoms with Crippen molar-refractivity contribution in [1.82, 2.24) is 10.3 Å². The Hall–Kier alpha value is -1.40. The molecule has 1 aromatic rings. The maximum absolute atomic E-state index is 9.23. The maximum Gasteiger partial charge on any atom is 0.0993 e. The van der Waals surface area contributed by atoms with Crippen LogP contribution in [0.25, 0.3) is 0 Å². The van der Waals surface area contributed by atoms with E-state index >= 15 is 0 Å². The molecule has 0 atom stereocenters. The second-order valence-electron chi connectivity index (χ2n) is 4.88. The molecule has 3 nitrogen and oxygen atoms in total. The third-order valence-corrected chi connectivity index (χ3v) is 3.95. The predicted octanol–water partition coefficient (Wildman–Crippen LogP) is 1.71. The van der Waals surface area contributed by atoms with E-state index in [9.17, 15) is 5.26 Å². The molecule has 2 aliphatic rings. The van der Waals surface area contributed by atoms with Gasteiger partial charge in [-0.15, -0.1) is 0 Å². The molecule has 1 aliphatic carbocycles. The summed E-state index contributed by atoms with van der Waals surface area (Å²) < 4.78 is 0. The number of hydrogen-bond donors (Lipinski definition) is 1. The van der Waals surface area contributed by atoms with Crippen LogP contribution in [0.3, 0.4) is 0 Å². The second-order valence-corrected chi connectivity index (χ2v) is 4.88. The summed E-state index contributed by atoms with van der Waals surface area (Å²) in [5.41, 5.74) is 2.00. The molecule has 1 N–H and O–H groups in total. The van der Waals surface area contributed by atoms with E-state index < -0.39 is 0 Å². The van der Waals surface area contributed by atoms with E-state index in [-0.39, 0.29) is 5.41 Å². The van der Waals surface area contributed by atoms with Crippen LogP contribution in [0, 0.1) is 11.3 Å². The van der Waals surface area contributed by atoms with Crippen molar-refractivity contribution in [3.05, 3.63) is 29.6 Å². The highest BCUT2D eigenvalue weighted by molar-refractivity contribution is 5.32. The molecule has 0 spiro atoms. The quantitative estimate of drug-likeness (QED) is 0.813. The van der Waals surface area contributed by atoms with Crippen molar-refractivity contribution >= 4 is 0 Å². The first kappa shape index (κ1) is 9.80. The van der Waals surface area contributed by atoms with Gasteiger partial charge in [0.2, 0.25) is 0 Å². The Morgan fingerprint density at radius 3 is 2.56 bits per heavy atom. The molecule has 0 amide bonds. The van der Waals surface area contributed by atoms with E-state index in [0.29, 0.717) is 5.92 Å². The number of nitrogens with one attached hydrogen (secondary N) is 1. The normalized spacial score (nSPS) is 22.9. The standard InChI is InChI=1S/C13H15N3/c14-9-13(4-1-5-13)12-3-2-10(8-16-12)11-6-15-7-11/h2-3,8,11,15H,1,4-7H2. The minimum Gasteiger partial charge on any atom is -0.315 e. The van der Waals surface area contributed by atoms with Gasteiger partial charge in [0.25, 0.3) is 0 Å². The molecule has 82 valence electrons. The molecular weight excluding hydrogens is 198 g/mol. The van der Waals surface area contributed by atoms with Gasteiger partial charge in [0.15, 0.2) is 0 Å². The van der Waals surface area contributed by atoms with E-state index in [1.54, 1.807) is 0 Å². The van der Waals surface area contributed by atoms with Crippen molar-refractivity contribution in [3.63, 3.8) is 0 Å². The summed E-state index contributed by atoms with van der Waals surface area (Å²) in [6.45, 7) is 2.12. The molecule has 16 heavy (non-hydrogen) atoms. The average molecular weight is 213 g/mol. The highest BCUT2D eigenvalue weighted by Crippen LogP contribution is 2.42. The van der Waals surface area contributed by atoms with Crippen molar-refractivity contribution in [2.75, 3.05) is 13.1 Å². The Balaban J connectivity index is 1.84. The fraction of sp³-hybridized carbons (Fsp3) is 0.538. The van der Waals surface area contributed by atoms with Crippen LogP contribution in [0.4, 0.5) is 0 Å². The summed E-state index contributed by atoms with van der Waals surface area (Å²) in [5, 5.41) is 12.5. The summed E-state index contributed by atoms with van der Waals surface area (Å²) in [4.78, 5) is 4.50.